The van der Waals surface area contributed by atoms with Crippen LogP contribution in [0.5, 0.6) is 0 Å². The molecule has 1 heterocycles. The Morgan fingerprint density at radius 3 is 2.89 bits per heavy atom. The number of aromatic amines is 1. The zero-order chi connectivity index (χ0) is 13.6. The monoisotopic (exact) mass is 261 g/mol. The van der Waals surface area contributed by atoms with Crippen molar-refractivity contribution in [2.75, 3.05) is 6.54 Å². The van der Waals surface area contributed by atoms with Gasteiger partial charge in [-0.1, -0.05) is 19.3 Å². The molecule has 1 aliphatic rings. The van der Waals surface area contributed by atoms with Gasteiger partial charge in [-0.25, -0.2) is 4.98 Å². The molecule has 0 aliphatic heterocycles. The van der Waals surface area contributed by atoms with Gasteiger partial charge in [0.25, 0.3) is 0 Å². The minimum atomic E-state index is -0.787. The van der Waals surface area contributed by atoms with Crippen LogP contribution in [0.1, 0.15) is 44.3 Å². The fourth-order valence-corrected chi connectivity index (χ4v) is 2.52. The summed E-state index contributed by atoms with van der Waals surface area (Å²) in [6.45, 7) is 0.572. The molecule has 19 heavy (non-hydrogen) atoms. The van der Waals surface area contributed by atoms with E-state index in [0.717, 1.165) is 37.9 Å². The van der Waals surface area contributed by atoms with Crippen LogP contribution in [0.25, 0.3) is 0 Å². The lowest BCUT2D eigenvalue weighted by molar-refractivity contribution is -0.129. The summed E-state index contributed by atoms with van der Waals surface area (Å²) in [5.74, 6) is 0.717. The maximum atomic E-state index is 12.1. The number of amides is 1. The number of rotatable bonds is 5. The highest BCUT2D eigenvalue weighted by Crippen LogP contribution is 2.35. The second kappa shape index (κ2) is 6.32. The molecule has 102 valence electrons. The fourth-order valence-electron chi connectivity index (χ4n) is 2.52. The van der Waals surface area contributed by atoms with E-state index in [-0.39, 0.29) is 5.91 Å². The smallest absolute Gasteiger partial charge is 0.240 e. The van der Waals surface area contributed by atoms with E-state index in [9.17, 15) is 10.1 Å². The molecular formula is C13H19N5O. The fraction of sp³-hybridized carbons (Fsp3) is 0.692. The number of nitrogens with zero attached hydrogens (tertiary/aromatic N) is 3. The van der Waals surface area contributed by atoms with Crippen LogP contribution < -0.4 is 5.32 Å². The van der Waals surface area contributed by atoms with Crippen molar-refractivity contribution in [1.82, 2.24) is 20.5 Å². The number of H-pyrrole nitrogens is 1. The second-order valence-corrected chi connectivity index (χ2v) is 5.05. The Balaban J connectivity index is 1.75. The summed E-state index contributed by atoms with van der Waals surface area (Å²) in [6.07, 6.45) is 7.47. The van der Waals surface area contributed by atoms with E-state index >= 15 is 0 Å². The molecule has 0 bridgehead atoms. The zero-order valence-electron chi connectivity index (χ0n) is 11.0. The first kappa shape index (κ1) is 13.5. The summed E-state index contributed by atoms with van der Waals surface area (Å²) in [7, 11) is 0. The molecule has 0 saturated heterocycles. The SMILES string of the molecule is N#CC1(C(=O)NCCCc2ncn[nH]2)CCCCC1. The highest BCUT2D eigenvalue weighted by molar-refractivity contribution is 5.85. The number of hydrogen-bond acceptors (Lipinski definition) is 4. The van der Waals surface area contributed by atoms with Crippen molar-refractivity contribution in [3.8, 4) is 6.07 Å². The lowest BCUT2D eigenvalue weighted by Crippen LogP contribution is -2.41. The maximum Gasteiger partial charge on any atom is 0.240 e. The Morgan fingerprint density at radius 2 is 2.26 bits per heavy atom. The van der Waals surface area contributed by atoms with Crippen LogP contribution in [0.2, 0.25) is 0 Å². The lowest BCUT2D eigenvalue weighted by atomic mass is 9.74. The van der Waals surface area contributed by atoms with Crippen molar-refractivity contribution < 1.29 is 4.79 Å². The number of aryl methyl sites for hydroxylation is 1. The average molecular weight is 261 g/mol. The summed E-state index contributed by atoms with van der Waals surface area (Å²) in [5, 5.41) is 18.7. The third-order valence-electron chi connectivity index (χ3n) is 3.70. The summed E-state index contributed by atoms with van der Waals surface area (Å²) >= 11 is 0. The Labute approximate surface area is 112 Å². The van der Waals surface area contributed by atoms with Crippen molar-refractivity contribution >= 4 is 5.91 Å². The molecule has 1 fully saturated rings. The van der Waals surface area contributed by atoms with Gasteiger partial charge in [0.15, 0.2) is 0 Å². The van der Waals surface area contributed by atoms with Crippen molar-refractivity contribution in [2.24, 2.45) is 5.41 Å². The number of nitriles is 1. The van der Waals surface area contributed by atoms with Crippen LogP contribution in [0.4, 0.5) is 0 Å². The van der Waals surface area contributed by atoms with E-state index < -0.39 is 5.41 Å². The van der Waals surface area contributed by atoms with Crippen LogP contribution in [0.3, 0.4) is 0 Å². The van der Waals surface area contributed by atoms with Gasteiger partial charge < -0.3 is 5.32 Å². The first-order valence-corrected chi connectivity index (χ1v) is 6.81. The van der Waals surface area contributed by atoms with Crippen molar-refractivity contribution in [3.63, 3.8) is 0 Å². The number of hydrogen-bond donors (Lipinski definition) is 2. The topological polar surface area (TPSA) is 94.5 Å². The van der Waals surface area contributed by atoms with Crippen molar-refractivity contribution in [1.29, 1.82) is 5.26 Å². The van der Waals surface area contributed by atoms with E-state index in [0.29, 0.717) is 19.4 Å². The molecule has 1 aromatic heterocycles. The molecule has 0 spiro atoms. The van der Waals surface area contributed by atoms with Gasteiger partial charge in [-0.15, -0.1) is 0 Å². The highest BCUT2D eigenvalue weighted by atomic mass is 16.2. The summed E-state index contributed by atoms with van der Waals surface area (Å²) in [5.41, 5.74) is -0.787. The van der Waals surface area contributed by atoms with Gasteiger partial charge in [-0.3, -0.25) is 9.89 Å². The molecule has 2 rings (SSSR count). The molecule has 1 amide bonds. The molecule has 0 radical (unpaired) electrons. The number of carbonyl (C=O) groups is 1. The summed E-state index contributed by atoms with van der Waals surface area (Å²) in [4.78, 5) is 16.2. The van der Waals surface area contributed by atoms with Crippen LogP contribution in [-0.2, 0) is 11.2 Å². The van der Waals surface area contributed by atoms with E-state index in [2.05, 4.69) is 26.6 Å². The Kier molecular flexibility index (Phi) is 4.50. The average Bonchev–Trinajstić information content (AvgIpc) is 2.97. The molecule has 0 aromatic carbocycles. The van der Waals surface area contributed by atoms with Crippen LogP contribution in [-0.4, -0.2) is 27.6 Å². The minimum absolute atomic E-state index is 0.104. The molecule has 1 saturated carbocycles. The largest absolute Gasteiger partial charge is 0.355 e. The Bertz CT molecular complexity index is 442. The molecule has 2 N–H and O–H groups in total. The standard InChI is InChI=1S/C13H19N5O/c14-9-13(6-2-1-3-7-13)12(19)15-8-4-5-11-16-10-17-18-11/h10H,1-8H2,(H,15,19)(H,16,17,18). The number of carbonyl (C=O) groups excluding carboxylic acids is 1. The third kappa shape index (κ3) is 3.31. The minimum Gasteiger partial charge on any atom is -0.355 e. The number of nitrogens with one attached hydrogen (secondary N) is 2. The predicted octanol–water partition coefficient (Wildman–Crippen LogP) is 1.33. The van der Waals surface area contributed by atoms with Gasteiger partial charge >= 0.3 is 0 Å². The van der Waals surface area contributed by atoms with E-state index in [1.54, 1.807) is 0 Å². The van der Waals surface area contributed by atoms with Crippen LogP contribution in [0, 0.1) is 16.7 Å². The van der Waals surface area contributed by atoms with Crippen molar-refractivity contribution in [2.45, 2.75) is 44.9 Å². The molecule has 1 aliphatic carbocycles. The lowest BCUT2D eigenvalue weighted by Gasteiger charge is -2.29. The van der Waals surface area contributed by atoms with Gasteiger partial charge in [0, 0.05) is 13.0 Å². The van der Waals surface area contributed by atoms with Gasteiger partial charge in [-0.05, 0) is 19.3 Å². The molecule has 0 atom stereocenters. The molecule has 6 heteroatoms. The Hall–Kier alpha value is -1.90. The molecule has 0 unspecified atom stereocenters. The predicted molar refractivity (Wildman–Crippen MR) is 68.8 cm³/mol. The first-order valence-electron chi connectivity index (χ1n) is 6.81. The first-order chi connectivity index (χ1) is 9.27. The van der Waals surface area contributed by atoms with Gasteiger partial charge in [0.05, 0.1) is 6.07 Å². The third-order valence-corrected chi connectivity index (χ3v) is 3.70. The second-order valence-electron chi connectivity index (χ2n) is 5.05. The maximum absolute atomic E-state index is 12.1. The van der Waals surface area contributed by atoms with E-state index in [1.165, 1.54) is 6.33 Å². The number of aromatic nitrogens is 3. The van der Waals surface area contributed by atoms with Crippen LogP contribution >= 0.6 is 0 Å². The summed E-state index contributed by atoms with van der Waals surface area (Å²) in [6, 6.07) is 2.23. The quantitative estimate of drug-likeness (QED) is 0.782. The van der Waals surface area contributed by atoms with Gasteiger partial charge in [0.2, 0.25) is 5.91 Å². The zero-order valence-corrected chi connectivity index (χ0v) is 11.0. The molecule has 1 aromatic rings. The van der Waals surface area contributed by atoms with Gasteiger partial charge in [-0.2, -0.15) is 10.4 Å². The van der Waals surface area contributed by atoms with E-state index in [4.69, 9.17) is 0 Å². The normalized spacial score (nSPS) is 17.6. The highest BCUT2D eigenvalue weighted by Gasteiger charge is 2.39. The van der Waals surface area contributed by atoms with E-state index in [1.807, 2.05) is 0 Å². The van der Waals surface area contributed by atoms with Crippen molar-refractivity contribution in [3.05, 3.63) is 12.2 Å². The molecule has 6 nitrogen and oxygen atoms in total. The Morgan fingerprint density at radius 1 is 1.47 bits per heavy atom. The van der Waals surface area contributed by atoms with Gasteiger partial charge in [0.1, 0.15) is 17.6 Å². The summed E-state index contributed by atoms with van der Waals surface area (Å²) < 4.78 is 0. The molecular weight excluding hydrogens is 242 g/mol. The van der Waals surface area contributed by atoms with Crippen LogP contribution in [0.15, 0.2) is 6.33 Å².